The van der Waals surface area contributed by atoms with Crippen LogP contribution in [-0.2, 0) is 31.9 Å². The van der Waals surface area contributed by atoms with Gasteiger partial charge in [-0.05, 0) is 45.1 Å². The molecule has 202 valence electrons. The highest BCUT2D eigenvalue weighted by Crippen LogP contribution is 2.45. The highest BCUT2D eigenvalue weighted by Gasteiger charge is 2.45. The lowest BCUT2D eigenvalue weighted by molar-refractivity contribution is -0.150. The molecular formula is C24H20Cl4N2O7S. The van der Waals surface area contributed by atoms with Gasteiger partial charge in [-0.15, -0.1) is 11.3 Å². The first-order valence-corrected chi connectivity index (χ1v) is 13.8. The molecule has 38 heavy (non-hydrogen) atoms. The number of rotatable bonds is 7. The minimum absolute atomic E-state index is 0.180. The molecule has 0 spiro atoms. The summed E-state index contributed by atoms with van der Waals surface area (Å²) in [5, 5.41) is 1.99. The van der Waals surface area contributed by atoms with Crippen LogP contribution >= 0.6 is 57.7 Å². The molecule has 9 nitrogen and oxygen atoms in total. The number of anilines is 1. The van der Waals surface area contributed by atoms with Crippen LogP contribution in [0.5, 0.6) is 0 Å². The number of hydrogen-bond acceptors (Lipinski definition) is 8. The molecule has 3 amide bonds. The summed E-state index contributed by atoms with van der Waals surface area (Å²) in [5.41, 5.74) is 0.628. The number of carbonyl (C=O) groups excluding carboxylic acids is 5. The molecule has 0 fully saturated rings. The second kappa shape index (κ2) is 11.4. The Labute approximate surface area is 241 Å². The van der Waals surface area contributed by atoms with Crippen LogP contribution in [0.1, 0.15) is 68.2 Å². The van der Waals surface area contributed by atoms with Gasteiger partial charge in [0.1, 0.15) is 11.0 Å². The lowest BCUT2D eigenvalue weighted by Crippen LogP contribution is -2.44. The molecule has 1 aromatic carbocycles. The monoisotopic (exact) mass is 620 g/mol. The average molecular weight is 622 g/mol. The minimum atomic E-state index is -1.43. The fourth-order valence-electron chi connectivity index (χ4n) is 4.32. The van der Waals surface area contributed by atoms with Crippen LogP contribution in [0.4, 0.5) is 5.00 Å². The summed E-state index contributed by atoms with van der Waals surface area (Å²) in [6, 6.07) is -1.43. The summed E-state index contributed by atoms with van der Waals surface area (Å²) in [6.45, 7) is 2.39. The van der Waals surface area contributed by atoms with Gasteiger partial charge in [0.25, 0.3) is 17.7 Å². The topological polar surface area (TPSA) is 119 Å². The van der Waals surface area contributed by atoms with Gasteiger partial charge < -0.3 is 14.8 Å². The van der Waals surface area contributed by atoms with Gasteiger partial charge in [0.15, 0.2) is 6.61 Å². The summed E-state index contributed by atoms with van der Waals surface area (Å²) in [4.78, 5) is 65.4. The van der Waals surface area contributed by atoms with Crippen LogP contribution < -0.4 is 5.32 Å². The van der Waals surface area contributed by atoms with Gasteiger partial charge in [0.2, 0.25) is 0 Å². The van der Waals surface area contributed by atoms with Gasteiger partial charge in [-0.1, -0.05) is 46.4 Å². The highest BCUT2D eigenvalue weighted by molar-refractivity contribution is 7.17. The van der Waals surface area contributed by atoms with Crippen molar-refractivity contribution in [1.29, 1.82) is 0 Å². The van der Waals surface area contributed by atoms with E-state index in [2.05, 4.69) is 5.32 Å². The molecule has 1 atom stereocenters. The summed E-state index contributed by atoms with van der Waals surface area (Å²) in [7, 11) is 0. The van der Waals surface area contributed by atoms with Crippen LogP contribution in [0.25, 0.3) is 0 Å². The van der Waals surface area contributed by atoms with Gasteiger partial charge in [-0.3, -0.25) is 19.3 Å². The Morgan fingerprint density at radius 2 is 1.53 bits per heavy atom. The van der Waals surface area contributed by atoms with Gasteiger partial charge in [0.05, 0.1) is 43.4 Å². The number of nitrogens with zero attached hydrogens (tertiary/aromatic N) is 1. The van der Waals surface area contributed by atoms with Crippen molar-refractivity contribution in [1.82, 2.24) is 4.90 Å². The molecule has 4 rings (SSSR count). The van der Waals surface area contributed by atoms with E-state index in [9.17, 15) is 24.0 Å². The van der Waals surface area contributed by atoms with E-state index >= 15 is 0 Å². The van der Waals surface area contributed by atoms with Gasteiger partial charge in [-0.2, -0.15) is 0 Å². The lowest BCUT2D eigenvalue weighted by Gasteiger charge is -2.20. The van der Waals surface area contributed by atoms with E-state index in [1.54, 1.807) is 6.92 Å². The molecule has 1 unspecified atom stereocenters. The first kappa shape index (κ1) is 28.6. The predicted octanol–water partition coefficient (Wildman–Crippen LogP) is 5.58. The van der Waals surface area contributed by atoms with Crippen molar-refractivity contribution >= 4 is 92.4 Å². The second-order valence-corrected chi connectivity index (χ2v) is 11.1. The van der Waals surface area contributed by atoms with Gasteiger partial charge in [0, 0.05) is 4.88 Å². The van der Waals surface area contributed by atoms with Crippen LogP contribution in [-0.4, -0.2) is 53.8 Å². The van der Waals surface area contributed by atoms with Crippen molar-refractivity contribution in [2.45, 2.75) is 45.6 Å². The fourth-order valence-corrected chi connectivity index (χ4v) is 6.62. The molecule has 0 bridgehead atoms. The number of thiophene rings is 1. The van der Waals surface area contributed by atoms with E-state index in [1.165, 1.54) is 18.3 Å². The molecule has 1 aliphatic heterocycles. The number of fused-ring (bicyclic) bond motifs is 2. The molecular weight excluding hydrogens is 602 g/mol. The first-order chi connectivity index (χ1) is 18.0. The zero-order valence-electron chi connectivity index (χ0n) is 20.0. The Bertz CT molecular complexity index is 1340. The summed E-state index contributed by atoms with van der Waals surface area (Å²) in [6.07, 6.45) is 3.39. The lowest BCUT2D eigenvalue weighted by atomic mass is 9.95. The number of carbonyl (C=O) groups is 5. The molecule has 1 N–H and O–H groups in total. The highest BCUT2D eigenvalue weighted by atomic mass is 35.5. The van der Waals surface area contributed by atoms with Gasteiger partial charge >= 0.3 is 11.9 Å². The first-order valence-electron chi connectivity index (χ1n) is 11.5. The third kappa shape index (κ3) is 5.00. The molecule has 2 heterocycles. The maximum absolute atomic E-state index is 13.0. The van der Waals surface area contributed by atoms with Crippen molar-refractivity contribution in [2.75, 3.05) is 18.5 Å². The molecule has 2 aromatic rings. The number of hydrogen-bond donors (Lipinski definition) is 1. The standard InChI is InChI=1S/C24H20Cl4N2O7S/c1-3-36-24(35)13-10-6-4-5-7-11(10)38-20(13)29-12(31)8-37-23(34)9(2)30-21(32)14-15(22(30)33)17(26)19(28)18(27)16(14)25/h9H,3-8H2,1-2H3,(H,29,31). The predicted molar refractivity (Wildman–Crippen MR) is 143 cm³/mol. The number of halogens is 4. The van der Waals surface area contributed by atoms with E-state index in [4.69, 9.17) is 55.9 Å². The summed E-state index contributed by atoms with van der Waals surface area (Å²) < 4.78 is 10.2. The molecule has 0 saturated carbocycles. The second-order valence-electron chi connectivity index (χ2n) is 8.45. The summed E-state index contributed by atoms with van der Waals surface area (Å²) in [5.74, 6) is -4.09. The normalized spacial score (nSPS) is 15.2. The molecule has 1 aromatic heterocycles. The van der Waals surface area contributed by atoms with E-state index in [0.717, 1.165) is 29.7 Å². The van der Waals surface area contributed by atoms with Crippen LogP contribution in [0.2, 0.25) is 20.1 Å². The maximum Gasteiger partial charge on any atom is 0.341 e. The minimum Gasteiger partial charge on any atom is -0.462 e. The van der Waals surface area contributed by atoms with Crippen LogP contribution in [0.15, 0.2) is 0 Å². The fraction of sp³-hybridized carbons (Fsp3) is 0.375. The van der Waals surface area contributed by atoms with Gasteiger partial charge in [-0.25, -0.2) is 9.59 Å². The largest absolute Gasteiger partial charge is 0.462 e. The third-order valence-electron chi connectivity index (χ3n) is 6.11. The van der Waals surface area contributed by atoms with E-state index in [1.807, 2.05) is 0 Å². The number of benzene rings is 1. The van der Waals surface area contributed by atoms with Crippen molar-refractivity contribution in [3.63, 3.8) is 0 Å². The maximum atomic E-state index is 13.0. The number of aryl methyl sites for hydroxylation is 1. The van der Waals surface area contributed by atoms with E-state index in [-0.39, 0.29) is 37.8 Å². The zero-order valence-corrected chi connectivity index (χ0v) is 23.9. The van der Waals surface area contributed by atoms with Crippen molar-refractivity contribution in [3.8, 4) is 0 Å². The quantitative estimate of drug-likeness (QED) is 0.185. The molecule has 0 saturated heterocycles. The molecule has 0 radical (unpaired) electrons. The molecule has 1 aliphatic carbocycles. The van der Waals surface area contributed by atoms with E-state index < -0.39 is 42.3 Å². The third-order valence-corrected chi connectivity index (χ3v) is 9.12. The Morgan fingerprint density at radius 3 is 2.11 bits per heavy atom. The van der Waals surface area contributed by atoms with Crippen molar-refractivity contribution in [2.24, 2.45) is 0 Å². The number of nitrogens with one attached hydrogen (secondary N) is 1. The summed E-state index contributed by atoms with van der Waals surface area (Å²) >= 11 is 25.5. The molecule has 14 heteroatoms. The number of imide groups is 1. The van der Waals surface area contributed by atoms with Crippen molar-refractivity contribution < 1.29 is 33.4 Å². The van der Waals surface area contributed by atoms with Crippen molar-refractivity contribution in [3.05, 3.63) is 47.2 Å². The smallest absolute Gasteiger partial charge is 0.341 e. The SMILES string of the molecule is CCOC(=O)c1c(NC(=O)COC(=O)C(C)N2C(=O)c3c(Cl)c(Cl)c(Cl)c(Cl)c3C2=O)sc2c1CCCC2. The average Bonchev–Trinajstić information content (AvgIpc) is 3.38. The number of esters is 2. The Morgan fingerprint density at radius 1 is 0.947 bits per heavy atom. The Kier molecular flexibility index (Phi) is 8.59. The molecule has 2 aliphatic rings. The number of ether oxygens (including phenoxy) is 2. The zero-order chi connectivity index (χ0) is 27.9. The Hall–Kier alpha value is -2.37. The van der Waals surface area contributed by atoms with Crippen LogP contribution in [0, 0.1) is 0 Å². The number of amides is 3. The Balaban J connectivity index is 1.46. The van der Waals surface area contributed by atoms with Crippen LogP contribution in [0.3, 0.4) is 0 Å². The van der Waals surface area contributed by atoms with E-state index in [0.29, 0.717) is 21.9 Å².